The molecule has 1 amide bonds. The second-order valence-electron chi connectivity index (χ2n) is 7.72. The largest absolute Gasteiger partial charge is 0.482 e. The summed E-state index contributed by atoms with van der Waals surface area (Å²) in [7, 11) is 0. The molecule has 1 heterocycles. The normalized spacial score (nSPS) is 10.6. The number of benzene rings is 3. The van der Waals surface area contributed by atoms with E-state index in [0.717, 1.165) is 15.6 Å². The van der Waals surface area contributed by atoms with Crippen molar-refractivity contribution in [2.24, 2.45) is 0 Å². The number of amides is 1. The molecule has 0 aliphatic rings. The zero-order chi connectivity index (χ0) is 24.1. The van der Waals surface area contributed by atoms with E-state index in [0.29, 0.717) is 23.4 Å². The van der Waals surface area contributed by atoms with Crippen LogP contribution in [-0.2, 0) is 13.2 Å². The molecule has 0 unspecified atom stereocenters. The molecule has 4 aromatic rings. The summed E-state index contributed by atoms with van der Waals surface area (Å²) in [6, 6.07) is 19.7. The molecule has 0 aliphatic carbocycles. The summed E-state index contributed by atoms with van der Waals surface area (Å²) in [4.78, 5) is 23.6. The highest BCUT2D eigenvalue weighted by molar-refractivity contribution is 9.10. The molecule has 0 radical (unpaired) electrons. The molecule has 0 saturated heterocycles. The van der Waals surface area contributed by atoms with E-state index in [-0.39, 0.29) is 24.0 Å². The zero-order valence-corrected chi connectivity index (χ0v) is 19.9. The van der Waals surface area contributed by atoms with Crippen molar-refractivity contribution in [2.45, 2.75) is 20.1 Å². The number of ether oxygens (including phenoxy) is 1. The predicted molar refractivity (Wildman–Crippen MR) is 132 cm³/mol. The number of hydrogen-bond donors (Lipinski definition) is 1. The summed E-state index contributed by atoms with van der Waals surface area (Å²) < 4.78 is 8.43. The number of nitrogens with zero attached hydrogens (tertiary/aromatic N) is 3. The highest BCUT2D eigenvalue weighted by Gasteiger charge is 2.15. The van der Waals surface area contributed by atoms with Gasteiger partial charge in [0.15, 0.2) is 5.75 Å². The van der Waals surface area contributed by atoms with E-state index in [2.05, 4.69) is 26.3 Å². The number of nitro groups is 1. The Morgan fingerprint density at radius 3 is 2.68 bits per heavy atom. The predicted octanol–water partition coefficient (Wildman–Crippen LogP) is 5.74. The number of nitro benzene ring substituents is 1. The first-order valence-corrected chi connectivity index (χ1v) is 11.2. The van der Waals surface area contributed by atoms with E-state index >= 15 is 0 Å². The SMILES string of the molecule is Cc1ccc(OCc2cccc(C(=O)Nc3cnn(Cc4ccc(Br)cc4)c3)c2)c([N+](=O)[O-])c1. The molecule has 9 heteroatoms. The zero-order valence-electron chi connectivity index (χ0n) is 18.3. The minimum Gasteiger partial charge on any atom is -0.482 e. The van der Waals surface area contributed by atoms with E-state index in [9.17, 15) is 14.9 Å². The average Bonchev–Trinajstić information content (AvgIpc) is 3.26. The maximum atomic E-state index is 12.7. The lowest BCUT2D eigenvalue weighted by Gasteiger charge is -2.09. The van der Waals surface area contributed by atoms with E-state index in [1.807, 2.05) is 24.3 Å². The lowest BCUT2D eigenvalue weighted by Crippen LogP contribution is -2.12. The molecule has 0 spiro atoms. The molecule has 1 N–H and O–H groups in total. The number of nitrogens with one attached hydrogen (secondary N) is 1. The van der Waals surface area contributed by atoms with Gasteiger partial charge in [0.1, 0.15) is 6.61 Å². The molecule has 0 fully saturated rings. The second-order valence-corrected chi connectivity index (χ2v) is 8.64. The third kappa shape index (κ3) is 5.87. The van der Waals surface area contributed by atoms with Gasteiger partial charge in [-0.15, -0.1) is 0 Å². The minimum atomic E-state index is -0.469. The van der Waals surface area contributed by atoms with Crippen molar-refractivity contribution in [1.29, 1.82) is 0 Å². The monoisotopic (exact) mass is 520 g/mol. The van der Waals surface area contributed by atoms with Gasteiger partial charge in [0.25, 0.3) is 5.91 Å². The van der Waals surface area contributed by atoms with Crippen LogP contribution in [0.3, 0.4) is 0 Å². The summed E-state index contributed by atoms with van der Waals surface area (Å²) in [5, 5.41) is 18.4. The van der Waals surface area contributed by atoms with Gasteiger partial charge >= 0.3 is 5.69 Å². The Kier molecular flexibility index (Phi) is 7.03. The molecule has 0 bridgehead atoms. The maximum Gasteiger partial charge on any atom is 0.311 e. The van der Waals surface area contributed by atoms with Crippen molar-refractivity contribution in [3.05, 3.63) is 116 Å². The first-order valence-electron chi connectivity index (χ1n) is 10.4. The van der Waals surface area contributed by atoms with Gasteiger partial charge in [-0.3, -0.25) is 19.6 Å². The fourth-order valence-electron chi connectivity index (χ4n) is 3.35. The Hall–Kier alpha value is -3.98. The van der Waals surface area contributed by atoms with Crippen molar-refractivity contribution in [3.8, 4) is 5.75 Å². The van der Waals surface area contributed by atoms with Gasteiger partial charge in [0.05, 0.1) is 23.4 Å². The Morgan fingerprint density at radius 1 is 1.12 bits per heavy atom. The van der Waals surface area contributed by atoms with Crippen LogP contribution in [0.25, 0.3) is 0 Å². The van der Waals surface area contributed by atoms with Gasteiger partial charge in [0.2, 0.25) is 0 Å². The van der Waals surface area contributed by atoms with Crippen LogP contribution in [0.15, 0.2) is 83.6 Å². The Labute approximate surface area is 204 Å². The number of carbonyl (C=O) groups is 1. The van der Waals surface area contributed by atoms with Gasteiger partial charge in [0, 0.05) is 22.3 Å². The number of carbonyl (C=O) groups excluding carboxylic acids is 1. The summed E-state index contributed by atoms with van der Waals surface area (Å²) in [5.41, 5.74) is 3.52. The summed E-state index contributed by atoms with van der Waals surface area (Å²) in [6.45, 7) is 2.46. The molecule has 34 heavy (non-hydrogen) atoms. The van der Waals surface area contributed by atoms with Crippen molar-refractivity contribution in [3.63, 3.8) is 0 Å². The van der Waals surface area contributed by atoms with Gasteiger partial charge in [-0.25, -0.2) is 0 Å². The van der Waals surface area contributed by atoms with E-state index in [4.69, 9.17) is 4.74 Å². The third-order valence-corrected chi connectivity index (χ3v) is 5.57. The molecule has 0 aliphatic heterocycles. The van der Waals surface area contributed by atoms with Crippen LogP contribution in [0, 0.1) is 17.0 Å². The van der Waals surface area contributed by atoms with Crippen LogP contribution in [0.5, 0.6) is 5.75 Å². The quantitative estimate of drug-likeness (QED) is 0.236. The summed E-state index contributed by atoms with van der Waals surface area (Å²) in [6.07, 6.45) is 3.36. The second kappa shape index (κ2) is 10.3. The fraction of sp³-hybridized carbons (Fsp3) is 0.120. The Morgan fingerprint density at radius 2 is 1.91 bits per heavy atom. The third-order valence-electron chi connectivity index (χ3n) is 5.04. The first-order chi connectivity index (χ1) is 16.4. The molecular formula is C25H21BrN4O4. The molecule has 4 rings (SSSR count). The number of aromatic nitrogens is 2. The maximum absolute atomic E-state index is 12.7. The lowest BCUT2D eigenvalue weighted by atomic mass is 10.1. The van der Waals surface area contributed by atoms with E-state index in [1.165, 1.54) is 6.07 Å². The van der Waals surface area contributed by atoms with Crippen LogP contribution in [0.1, 0.15) is 27.0 Å². The number of halogens is 1. The fourth-order valence-corrected chi connectivity index (χ4v) is 3.61. The van der Waals surface area contributed by atoms with Gasteiger partial charge in [-0.1, -0.05) is 46.3 Å². The number of rotatable bonds is 8. The van der Waals surface area contributed by atoms with E-state index in [1.54, 1.807) is 60.4 Å². The van der Waals surface area contributed by atoms with Crippen molar-refractivity contribution in [1.82, 2.24) is 9.78 Å². The number of hydrogen-bond acceptors (Lipinski definition) is 5. The minimum absolute atomic E-state index is 0.0888. The Bertz CT molecular complexity index is 1340. The Balaban J connectivity index is 1.39. The van der Waals surface area contributed by atoms with Crippen LogP contribution >= 0.6 is 15.9 Å². The number of aryl methyl sites for hydroxylation is 1. The highest BCUT2D eigenvalue weighted by Crippen LogP contribution is 2.28. The van der Waals surface area contributed by atoms with Crippen LogP contribution in [0.2, 0.25) is 0 Å². The molecule has 0 saturated carbocycles. The van der Waals surface area contributed by atoms with Gasteiger partial charge < -0.3 is 10.1 Å². The van der Waals surface area contributed by atoms with E-state index < -0.39 is 4.92 Å². The first kappa shape index (κ1) is 23.2. The lowest BCUT2D eigenvalue weighted by molar-refractivity contribution is -0.386. The molecule has 8 nitrogen and oxygen atoms in total. The van der Waals surface area contributed by atoms with Crippen LogP contribution in [-0.4, -0.2) is 20.6 Å². The van der Waals surface area contributed by atoms with Crippen LogP contribution < -0.4 is 10.1 Å². The molecule has 0 atom stereocenters. The van der Waals surface area contributed by atoms with Gasteiger partial charge in [-0.2, -0.15) is 5.10 Å². The molecule has 1 aromatic heterocycles. The van der Waals surface area contributed by atoms with Crippen molar-refractivity contribution < 1.29 is 14.5 Å². The summed E-state index contributed by atoms with van der Waals surface area (Å²) >= 11 is 3.42. The highest BCUT2D eigenvalue weighted by atomic mass is 79.9. The van der Waals surface area contributed by atoms with Gasteiger partial charge in [-0.05, 0) is 53.9 Å². The average molecular weight is 521 g/mol. The molecule has 172 valence electrons. The molecule has 3 aromatic carbocycles. The van der Waals surface area contributed by atoms with Crippen LogP contribution in [0.4, 0.5) is 11.4 Å². The smallest absolute Gasteiger partial charge is 0.311 e. The van der Waals surface area contributed by atoms with Crippen molar-refractivity contribution >= 4 is 33.2 Å². The van der Waals surface area contributed by atoms with Crippen molar-refractivity contribution in [2.75, 3.05) is 5.32 Å². The number of anilines is 1. The standard InChI is InChI=1S/C25H21BrN4O4/c1-17-5-10-24(23(11-17)30(32)33)34-16-19-3-2-4-20(12-19)25(31)28-22-13-27-29(15-22)14-18-6-8-21(26)9-7-18/h2-13,15H,14,16H2,1H3,(H,28,31). The summed E-state index contributed by atoms with van der Waals surface area (Å²) in [5.74, 6) is -0.102. The topological polar surface area (TPSA) is 99.3 Å². The molecular weight excluding hydrogens is 500 g/mol.